The number of benzene rings is 1. The zero-order chi connectivity index (χ0) is 14.5. The van der Waals surface area contributed by atoms with E-state index in [4.69, 9.17) is 5.26 Å². The molecular weight excluding hydrogens is 372 g/mol. The van der Waals surface area contributed by atoms with E-state index < -0.39 is 0 Å². The summed E-state index contributed by atoms with van der Waals surface area (Å²) < 4.78 is 14.0. The van der Waals surface area contributed by atoms with E-state index >= 15 is 0 Å². The van der Waals surface area contributed by atoms with Gasteiger partial charge in [-0.25, -0.2) is 4.39 Å². The van der Waals surface area contributed by atoms with Crippen molar-refractivity contribution in [1.29, 1.82) is 5.26 Å². The lowest BCUT2D eigenvalue weighted by Gasteiger charge is -2.16. The number of nitrogens with one attached hydrogen (secondary N) is 1. The zero-order valence-electron chi connectivity index (χ0n) is 10.6. The first-order valence-electron chi connectivity index (χ1n) is 6.27. The molecule has 0 saturated carbocycles. The Balaban J connectivity index is 2.09. The monoisotopic (exact) mass is 385 g/mol. The molecule has 0 aromatic heterocycles. The molecular formula is C14H13FIN3O. The van der Waals surface area contributed by atoms with Crippen LogP contribution in [-0.4, -0.2) is 24.6 Å². The highest BCUT2D eigenvalue weighted by Crippen LogP contribution is 2.27. The van der Waals surface area contributed by atoms with Gasteiger partial charge in [-0.05, 0) is 47.6 Å². The highest BCUT2D eigenvalue weighted by atomic mass is 127. The average Bonchev–Trinajstić information content (AvgIpc) is 2.89. The molecule has 1 heterocycles. The van der Waals surface area contributed by atoms with E-state index in [1.165, 1.54) is 12.1 Å². The van der Waals surface area contributed by atoms with Gasteiger partial charge in [0.1, 0.15) is 18.2 Å². The minimum absolute atomic E-state index is 0.0333. The second-order valence-electron chi connectivity index (χ2n) is 4.58. The van der Waals surface area contributed by atoms with Crippen LogP contribution in [0.3, 0.4) is 0 Å². The Morgan fingerprint density at radius 3 is 3.10 bits per heavy atom. The van der Waals surface area contributed by atoms with Crippen LogP contribution in [0.5, 0.6) is 0 Å². The van der Waals surface area contributed by atoms with Crippen LogP contribution in [0.25, 0.3) is 0 Å². The van der Waals surface area contributed by atoms with Gasteiger partial charge in [0.05, 0.1) is 26.9 Å². The van der Waals surface area contributed by atoms with Gasteiger partial charge < -0.3 is 10.1 Å². The molecule has 1 N–H and O–H groups in total. The minimum Gasteiger partial charge on any atom is -0.375 e. The van der Waals surface area contributed by atoms with Gasteiger partial charge in [0.15, 0.2) is 0 Å². The molecule has 0 saturated heterocycles. The molecule has 0 spiro atoms. The van der Waals surface area contributed by atoms with Crippen molar-refractivity contribution < 1.29 is 9.18 Å². The van der Waals surface area contributed by atoms with Crippen LogP contribution in [-0.2, 0) is 4.79 Å². The summed E-state index contributed by atoms with van der Waals surface area (Å²) in [6.45, 7) is 0. The van der Waals surface area contributed by atoms with Gasteiger partial charge in [0.25, 0.3) is 0 Å². The fourth-order valence-electron chi connectivity index (χ4n) is 2.16. The summed E-state index contributed by atoms with van der Waals surface area (Å²) in [5.41, 5.74) is 0.932. The molecule has 6 heteroatoms. The van der Waals surface area contributed by atoms with Crippen molar-refractivity contribution in [3.05, 3.63) is 27.1 Å². The van der Waals surface area contributed by atoms with E-state index in [0.717, 1.165) is 19.1 Å². The average molecular weight is 385 g/mol. The van der Waals surface area contributed by atoms with Gasteiger partial charge >= 0.3 is 0 Å². The normalized spacial score (nSPS) is 20.6. The molecule has 104 valence electrons. The molecule has 20 heavy (non-hydrogen) atoms. The van der Waals surface area contributed by atoms with E-state index in [0.29, 0.717) is 21.2 Å². The molecule has 4 nitrogen and oxygen atoms in total. The maximum Gasteiger partial charge on any atom is 0.138 e. The highest BCUT2D eigenvalue weighted by Gasteiger charge is 2.22. The Bertz CT molecular complexity index is 583. The molecule has 0 amide bonds. The van der Waals surface area contributed by atoms with Gasteiger partial charge in [0.2, 0.25) is 0 Å². The predicted molar refractivity (Wildman–Crippen MR) is 83.4 cm³/mol. The third-order valence-electron chi connectivity index (χ3n) is 3.17. The minimum atomic E-state index is -0.348. The first-order valence-corrected chi connectivity index (χ1v) is 7.35. The Labute approximate surface area is 130 Å². The second-order valence-corrected chi connectivity index (χ2v) is 5.66. The molecule has 0 aliphatic carbocycles. The number of hydrogen-bond acceptors (Lipinski definition) is 4. The molecule has 0 fully saturated rings. The summed E-state index contributed by atoms with van der Waals surface area (Å²) in [7, 11) is 0. The first-order chi connectivity index (χ1) is 9.65. The van der Waals surface area contributed by atoms with Crippen molar-refractivity contribution >= 4 is 40.8 Å². The Morgan fingerprint density at radius 1 is 1.60 bits per heavy atom. The van der Waals surface area contributed by atoms with Crippen LogP contribution < -0.4 is 5.32 Å². The lowest BCUT2D eigenvalue weighted by atomic mass is 10.1. The maximum absolute atomic E-state index is 13.6. The van der Waals surface area contributed by atoms with Crippen molar-refractivity contribution in [3.8, 4) is 6.07 Å². The molecule has 1 aliphatic rings. The second kappa shape index (κ2) is 6.79. The lowest BCUT2D eigenvalue weighted by molar-refractivity contribution is -0.108. The van der Waals surface area contributed by atoms with Crippen LogP contribution >= 0.6 is 22.6 Å². The fraction of sp³-hybridized carbons (Fsp3) is 0.357. The Kier molecular flexibility index (Phi) is 5.06. The molecule has 2 atom stereocenters. The molecule has 2 rings (SSSR count). The summed E-state index contributed by atoms with van der Waals surface area (Å²) >= 11 is 1.89. The van der Waals surface area contributed by atoms with Gasteiger partial charge in [-0.3, -0.25) is 4.99 Å². The number of carbonyl (C=O) groups excluding carboxylic acids is 1. The summed E-state index contributed by atoms with van der Waals surface area (Å²) in [5.74, 6) is -0.348. The van der Waals surface area contributed by atoms with Crippen molar-refractivity contribution in [2.75, 3.05) is 5.32 Å². The first kappa shape index (κ1) is 14.9. The Hall–Kier alpha value is -1.49. The molecule has 0 radical (unpaired) electrons. The van der Waals surface area contributed by atoms with Crippen molar-refractivity contribution in [2.45, 2.75) is 31.3 Å². The van der Waals surface area contributed by atoms with E-state index in [-0.39, 0.29) is 17.9 Å². The smallest absolute Gasteiger partial charge is 0.138 e. The zero-order valence-corrected chi connectivity index (χ0v) is 12.8. The number of anilines is 1. The predicted octanol–water partition coefficient (Wildman–Crippen LogP) is 2.90. The quantitative estimate of drug-likeness (QED) is 0.626. The van der Waals surface area contributed by atoms with Crippen LogP contribution in [0.2, 0.25) is 0 Å². The van der Waals surface area contributed by atoms with E-state index in [2.05, 4.69) is 16.4 Å². The van der Waals surface area contributed by atoms with Gasteiger partial charge in [-0.15, -0.1) is 0 Å². The molecule has 1 aromatic carbocycles. The van der Waals surface area contributed by atoms with Crippen LogP contribution in [0, 0.1) is 20.7 Å². The van der Waals surface area contributed by atoms with Crippen molar-refractivity contribution in [3.63, 3.8) is 0 Å². The van der Waals surface area contributed by atoms with Gasteiger partial charge in [-0.2, -0.15) is 5.26 Å². The number of halogens is 2. The number of hydrogen-bond donors (Lipinski definition) is 1. The van der Waals surface area contributed by atoms with Crippen molar-refractivity contribution in [1.82, 2.24) is 0 Å². The number of aliphatic imine (C=N–C) groups is 1. The summed E-state index contributed by atoms with van der Waals surface area (Å²) in [6, 6.07) is 4.91. The van der Waals surface area contributed by atoms with Gasteiger partial charge in [-0.1, -0.05) is 0 Å². The number of carbonyl (C=O) groups is 1. The maximum atomic E-state index is 13.6. The topological polar surface area (TPSA) is 65.2 Å². The largest absolute Gasteiger partial charge is 0.375 e. The van der Waals surface area contributed by atoms with Crippen LogP contribution in [0.15, 0.2) is 17.1 Å². The standard InChI is InChI=1S/C14H13FIN3O/c15-12-4-3-9(7-17)14(13(12)16)19-11-6-10(18-8-11)2-1-5-20/h3-5,8,10-11,19H,1-2,6H2. The van der Waals surface area contributed by atoms with Crippen molar-refractivity contribution in [2.24, 2.45) is 4.99 Å². The third-order valence-corrected chi connectivity index (χ3v) is 4.22. The SMILES string of the molecule is N#Cc1ccc(F)c(I)c1NC1C=NC(CCC=O)C1. The van der Waals surface area contributed by atoms with Crippen LogP contribution in [0.1, 0.15) is 24.8 Å². The van der Waals surface area contributed by atoms with E-state index in [1.54, 1.807) is 6.21 Å². The fourth-order valence-corrected chi connectivity index (χ4v) is 2.79. The summed E-state index contributed by atoms with van der Waals surface area (Å²) in [5, 5.41) is 12.3. The lowest BCUT2D eigenvalue weighted by Crippen LogP contribution is -2.21. The molecule has 2 unspecified atom stereocenters. The highest BCUT2D eigenvalue weighted by molar-refractivity contribution is 14.1. The number of aldehydes is 1. The summed E-state index contributed by atoms with van der Waals surface area (Å²) in [6.07, 6.45) is 4.64. The van der Waals surface area contributed by atoms with E-state index in [9.17, 15) is 9.18 Å². The number of nitrogens with zero attached hydrogens (tertiary/aromatic N) is 2. The number of rotatable bonds is 5. The summed E-state index contributed by atoms with van der Waals surface area (Å²) in [4.78, 5) is 14.7. The van der Waals surface area contributed by atoms with Gasteiger partial charge in [0, 0.05) is 12.6 Å². The molecule has 0 bridgehead atoms. The molecule has 1 aromatic rings. The molecule has 1 aliphatic heterocycles. The Morgan fingerprint density at radius 2 is 2.40 bits per heavy atom. The number of nitriles is 1. The van der Waals surface area contributed by atoms with Crippen LogP contribution in [0.4, 0.5) is 10.1 Å². The van der Waals surface area contributed by atoms with E-state index in [1.807, 2.05) is 22.6 Å². The third kappa shape index (κ3) is 3.33.